The van der Waals surface area contributed by atoms with Gasteiger partial charge in [0.05, 0.1) is 30.7 Å². The maximum atomic E-state index is 12.7. The molecule has 0 aliphatic rings. The van der Waals surface area contributed by atoms with E-state index in [1.54, 1.807) is 42.2 Å². The summed E-state index contributed by atoms with van der Waals surface area (Å²) in [5, 5.41) is 13.9. The third-order valence-corrected chi connectivity index (χ3v) is 4.59. The second-order valence-corrected chi connectivity index (χ2v) is 7.13. The second kappa shape index (κ2) is 8.34. The van der Waals surface area contributed by atoms with Crippen molar-refractivity contribution in [1.29, 1.82) is 0 Å². The number of rotatable bonds is 7. The lowest BCUT2D eigenvalue weighted by Gasteiger charge is -2.05. The minimum absolute atomic E-state index is 0.0943. The first-order valence-electron chi connectivity index (χ1n) is 9.64. The molecule has 10 heteroatoms. The van der Waals surface area contributed by atoms with Crippen LogP contribution in [0.4, 0.5) is 5.69 Å². The standard InChI is InChI=1S/C21H22N6O4/c1-13-9-14(2)27(24-13)11-16-6-7-18(31-16)20(28)23-17-12-26(3)25-19(17)21(29)22-10-15-5-4-8-30-15/h4-9,12H,10-11H2,1-3H3,(H,22,29)(H,23,28). The lowest BCUT2D eigenvalue weighted by atomic mass is 10.3. The molecular weight excluding hydrogens is 400 g/mol. The van der Waals surface area contributed by atoms with Crippen LogP contribution in [0, 0.1) is 13.8 Å². The first-order valence-corrected chi connectivity index (χ1v) is 9.64. The fourth-order valence-corrected chi connectivity index (χ4v) is 3.16. The van der Waals surface area contributed by atoms with Crippen LogP contribution in [0.2, 0.25) is 0 Å². The Bertz CT molecular complexity index is 1210. The number of aryl methyl sites for hydroxylation is 3. The number of anilines is 1. The van der Waals surface area contributed by atoms with E-state index in [1.165, 1.54) is 10.9 Å². The molecule has 4 aromatic rings. The molecule has 2 N–H and O–H groups in total. The highest BCUT2D eigenvalue weighted by molar-refractivity contribution is 6.07. The van der Waals surface area contributed by atoms with Gasteiger partial charge in [0, 0.05) is 18.9 Å². The maximum absolute atomic E-state index is 12.7. The van der Waals surface area contributed by atoms with Crippen LogP contribution in [0.1, 0.15) is 44.0 Å². The third kappa shape index (κ3) is 4.58. The molecule has 2 amide bonds. The molecule has 0 fully saturated rings. The van der Waals surface area contributed by atoms with E-state index in [-0.39, 0.29) is 23.7 Å². The molecule has 160 valence electrons. The summed E-state index contributed by atoms with van der Waals surface area (Å²) in [4.78, 5) is 25.2. The monoisotopic (exact) mass is 422 g/mol. The molecule has 0 atom stereocenters. The summed E-state index contributed by atoms with van der Waals surface area (Å²) in [6.07, 6.45) is 3.08. The summed E-state index contributed by atoms with van der Waals surface area (Å²) < 4.78 is 14.1. The molecular formula is C21H22N6O4. The Morgan fingerprint density at radius 2 is 1.94 bits per heavy atom. The molecule has 0 spiro atoms. The van der Waals surface area contributed by atoms with Crippen molar-refractivity contribution in [3.8, 4) is 0 Å². The van der Waals surface area contributed by atoms with Crippen LogP contribution in [-0.2, 0) is 20.1 Å². The number of furan rings is 2. The highest BCUT2D eigenvalue weighted by Crippen LogP contribution is 2.17. The summed E-state index contributed by atoms with van der Waals surface area (Å²) in [5.74, 6) is 0.423. The molecule has 0 bridgehead atoms. The molecule has 0 aromatic carbocycles. The fourth-order valence-electron chi connectivity index (χ4n) is 3.16. The Balaban J connectivity index is 1.43. The molecule has 0 aliphatic heterocycles. The van der Waals surface area contributed by atoms with E-state index in [0.717, 1.165) is 11.4 Å². The Hall–Kier alpha value is -4.08. The number of nitrogens with zero attached hydrogens (tertiary/aromatic N) is 4. The molecule has 0 radical (unpaired) electrons. The predicted molar refractivity (Wildman–Crippen MR) is 111 cm³/mol. The van der Waals surface area contributed by atoms with E-state index in [4.69, 9.17) is 8.83 Å². The van der Waals surface area contributed by atoms with E-state index >= 15 is 0 Å². The van der Waals surface area contributed by atoms with Gasteiger partial charge < -0.3 is 19.5 Å². The van der Waals surface area contributed by atoms with Crippen molar-refractivity contribution in [3.63, 3.8) is 0 Å². The van der Waals surface area contributed by atoms with E-state index < -0.39 is 11.8 Å². The number of aromatic nitrogens is 4. The van der Waals surface area contributed by atoms with Gasteiger partial charge in [-0.1, -0.05) is 0 Å². The van der Waals surface area contributed by atoms with Crippen molar-refractivity contribution in [3.05, 3.63) is 77.2 Å². The number of hydrogen-bond donors (Lipinski definition) is 2. The molecule has 0 saturated carbocycles. The molecule has 0 saturated heterocycles. The van der Waals surface area contributed by atoms with Crippen LogP contribution in [0.25, 0.3) is 0 Å². The first kappa shape index (κ1) is 20.2. The van der Waals surface area contributed by atoms with Crippen molar-refractivity contribution in [2.24, 2.45) is 7.05 Å². The zero-order chi connectivity index (χ0) is 22.0. The van der Waals surface area contributed by atoms with E-state index in [0.29, 0.717) is 18.1 Å². The van der Waals surface area contributed by atoms with Gasteiger partial charge in [-0.2, -0.15) is 10.2 Å². The molecule has 4 aromatic heterocycles. The SMILES string of the molecule is Cc1cc(C)n(Cc2ccc(C(=O)Nc3cn(C)nc3C(=O)NCc3ccco3)o2)n1. The van der Waals surface area contributed by atoms with Crippen molar-refractivity contribution >= 4 is 17.5 Å². The largest absolute Gasteiger partial charge is 0.467 e. The number of carbonyl (C=O) groups is 2. The molecule has 31 heavy (non-hydrogen) atoms. The zero-order valence-electron chi connectivity index (χ0n) is 17.4. The van der Waals surface area contributed by atoms with Crippen LogP contribution < -0.4 is 10.6 Å². The highest BCUT2D eigenvalue weighted by atomic mass is 16.4. The van der Waals surface area contributed by atoms with E-state index in [1.807, 2.05) is 19.9 Å². The van der Waals surface area contributed by atoms with Gasteiger partial charge >= 0.3 is 0 Å². The minimum atomic E-state index is -0.479. The van der Waals surface area contributed by atoms with Crippen LogP contribution in [0.3, 0.4) is 0 Å². The molecule has 0 aliphatic carbocycles. The van der Waals surface area contributed by atoms with E-state index in [2.05, 4.69) is 20.8 Å². The van der Waals surface area contributed by atoms with Crippen molar-refractivity contribution in [1.82, 2.24) is 24.9 Å². The smallest absolute Gasteiger partial charge is 0.291 e. The molecule has 10 nitrogen and oxygen atoms in total. The highest BCUT2D eigenvalue weighted by Gasteiger charge is 2.20. The van der Waals surface area contributed by atoms with Gasteiger partial charge in [-0.05, 0) is 44.2 Å². The number of carbonyl (C=O) groups excluding carboxylic acids is 2. The average molecular weight is 422 g/mol. The summed E-state index contributed by atoms with van der Waals surface area (Å²) in [6.45, 7) is 4.50. The van der Waals surface area contributed by atoms with E-state index in [9.17, 15) is 9.59 Å². The number of amides is 2. The summed E-state index contributed by atoms with van der Waals surface area (Å²) in [5.41, 5.74) is 2.29. The number of nitrogens with one attached hydrogen (secondary N) is 2. The topological polar surface area (TPSA) is 120 Å². The Kier molecular flexibility index (Phi) is 5.44. The summed E-state index contributed by atoms with van der Waals surface area (Å²) in [6, 6.07) is 8.77. The van der Waals surface area contributed by atoms with Crippen molar-refractivity contribution in [2.75, 3.05) is 5.32 Å². The van der Waals surface area contributed by atoms with Gasteiger partial charge in [-0.15, -0.1) is 0 Å². The van der Waals surface area contributed by atoms with Crippen molar-refractivity contribution < 1.29 is 18.4 Å². The summed E-state index contributed by atoms with van der Waals surface area (Å²) in [7, 11) is 1.67. The minimum Gasteiger partial charge on any atom is -0.467 e. The van der Waals surface area contributed by atoms with Gasteiger partial charge in [0.2, 0.25) is 0 Å². The Morgan fingerprint density at radius 3 is 2.65 bits per heavy atom. The molecule has 4 rings (SSSR count). The molecule has 0 unspecified atom stereocenters. The van der Waals surface area contributed by atoms with Gasteiger partial charge in [0.25, 0.3) is 11.8 Å². The Labute approximate surface area is 177 Å². The van der Waals surface area contributed by atoms with Gasteiger partial charge in [0.1, 0.15) is 11.5 Å². The quantitative estimate of drug-likeness (QED) is 0.472. The van der Waals surface area contributed by atoms with Gasteiger partial charge in [-0.25, -0.2) is 0 Å². The lowest BCUT2D eigenvalue weighted by molar-refractivity contribution is 0.0943. The molecule has 4 heterocycles. The van der Waals surface area contributed by atoms with Gasteiger partial charge in [0.15, 0.2) is 11.5 Å². The van der Waals surface area contributed by atoms with Crippen LogP contribution in [0.15, 0.2) is 51.6 Å². The fraction of sp³-hybridized carbons (Fsp3) is 0.238. The first-order chi connectivity index (χ1) is 14.9. The van der Waals surface area contributed by atoms with Crippen LogP contribution >= 0.6 is 0 Å². The van der Waals surface area contributed by atoms with Crippen molar-refractivity contribution in [2.45, 2.75) is 26.9 Å². The number of hydrogen-bond acceptors (Lipinski definition) is 6. The van der Waals surface area contributed by atoms with Crippen LogP contribution in [-0.4, -0.2) is 31.4 Å². The lowest BCUT2D eigenvalue weighted by Crippen LogP contribution is -2.25. The second-order valence-electron chi connectivity index (χ2n) is 7.13. The average Bonchev–Trinajstić information content (AvgIpc) is 3.50. The maximum Gasteiger partial charge on any atom is 0.291 e. The third-order valence-electron chi connectivity index (χ3n) is 4.59. The Morgan fingerprint density at radius 1 is 1.10 bits per heavy atom. The predicted octanol–water partition coefficient (Wildman–Crippen LogP) is 2.65. The van der Waals surface area contributed by atoms with Gasteiger partial charge in [-0.3, -0.25) is 19.0 Å². The normalized spacial score (nSPS) is 10.9. The summed E-state index contributed by atoms with van der Waals surface area (Å²) >= 11 is 0. The zero-order valence-corrected chi connectivity index (χ0v) is 17.4. The van der Waals surface area contributed by atoms with Crippen LogP contribution in [0.5, 0.6) is 0 Å².